The SMILES string of the molecule is CC1CC(C)CN(CC=CCS)C1. The van der Waals surface area contributed by atoms with Crippen LogP contribution in [0.3, 0.4) is 0 Å². The van der Waals surface area contributed by atoms with Gasteiger partial charge in [-0.05, 0) is 18.3 Å². The Labute approximate surface area is 87.6 Å². The summed E-state index contributed by atoms with van der Waals surface area (Å²) in [6.45, 7) is 8.34. The van der Waals surface area contributed by atoms with Gasteiger partial charge in [0.05, 0.1) is 0 Å². The minimum absolute atomic E-state index is 0.860. The molecule has 1 nitrogen and oxygen atoms in total. The van der Waals surface area contributed by atoms with Crippen molar-refractivity contribution in [2.75, 3.05) is 25.4 Å². The predicted octanol–water partition coefficient (Wildman–Crippen LogP) is 2.45. The largest absolute Gasteiger partial charge is 0.299 e. The molecule has 1 saturated heterocycles. The minimum atomic E-state index is 0.860. The molecule has 2 unspecified atom stereocenters. The molecule has 1 fully saturated rings. The van der Waals surface area contributed by atoms with Gasteiger partial charge in [0.25, 0.3) is 0 Å². The number of likely N-dealkylation sites (tertiary alicyclic amines) is 1. The Bertz CT molecular complexity index is 157. The summed E-state index contributed by atoms with van der Waals surface area (Å²) in [6, 6.07) is 0. The number of piperidine rings is 1. The predicted molar refractivity (Wildman–Crippen MR) is 62.4 cm³/mol. The highest BCUT2D eigenvalue weighted by Crippen LogP contribution is 2.20. The lowest BCUT2D eigenvalue weighted by molar-refractivity contribution is 0.155. The highest BCUT2D eigenvalue weighted by molar-refractivity contribution is 7.80. The van der Waals surface area contributed by atoms with Crippen LogP contribution in [0.5, 0.6) is 0 Å². The van der Waals surface area contributed by atoms with Crippen LogP contribution in [0, 0.1) is 11.8 Å². The third-order valence-corrected chi connectivity index (χ3v) is 2.79. The second kappa shape index (κ2) is 5.71. The van der Waals surface area contributed by atoms with Crippen LogP contribution >= 0.6 is 12.6 Å². The maximum absolute atomic E-state index is 4.15. The minimum Gasteiger partial charge on any atom is -0.299 e. The van der Waals surface area contributed by atoms with Gasteiger partial charge in [-0.2, -0.15) is 12.6 Å². The van der Waals surface area contributed by atoms with E-state index in [2.05, 4.69) is 43.5 Å². The van der Waals surface area contributed by atoms with E-state index in [-0.39, 0.29) is 0 Å². The second-order valence-corrected chi connectivity index (χ2v) is 4.68. The summed E-state index contributed by atoms with van der Waals surface area (Å²) >= 11 is 4.15. The fraction of sp³-hybridized carbons (Fsp3) is 0.818. The van der Waals surface area contributed by atoms with Crippen molar-refractivity contribution in [1.29, 1.82) is 0 Å². The molecule has 0 saturated carbocycles. The number of hydrogen-bond acceptors (Lipinski definition) is 2. The van der Waals surface area contributed by atoms with Crippen LogP contribution in [-0.2, 0) is 0 Å². The fourth-order valence-corrected chi connectivity index (χ4v) is 2.39. The van der Waals surface area contributed by atoms with Gasteiger partial charge in [0.1, 0.15) is 0 Å². The quantitative estimate of drug-likeness (QED) is 0.540. The lowest BCUT2D eigenvalue weighted by Crippen LogP contribution is -2.38. The molecule has 0 aromatic rings. The molecule has 0 N–H and O–H groups in total. The van der Waals surface area contributed by atoms with Crippen molar-refractivity contribution in [2.24, 2.45) is 11.8 Å². The van der Waals surface area contributed by atoms with E-state index in [9.17, 15) is 0 Å². The lowest BCUT2D eigenvalue weighted by atomic mass is 9.92. The van der Waals surface area contributed by atoms with E-state index < -0.39 is 0 Å². The Balaban J connectivity index is 2.28. The summed E-state index contributed by atoms with van der Waals surface area (Å²) < 4.78 is 0. The van der Waals surface area contributed by atoms with Gasteiger partial charge in [-0.15, -0.1) is 0 Å². The second-order valence-electron chi connectivity index (χ2n) is 4.32. The Morgan fingerprint density at radius 1 is 1.23 bits per heavy atom. The van der Waals surface area contributed by atoms with Crippen molar-refractivity contribution in [3.05, 3.63) is 12.2 Å². The third kappa shape index (κ3) is 4.19. The van der Waals surface area contributed by atoms with Crippen molar-refractivity contribution < 1.29 is 0 Å². The van der Waals surface area contributed by atoms with Crippen molar-refractivity contribution >= 4 is 12.6 Å². The van der Waals surface area contributed by atoms with Crippen molar-refractivity contribution in [3.8, 4) is 0 Å². The molecule has 2 atom stereocenters. The first kappa shape index (κ1) is 11.1. The molecule has 2 heteroatoms. The molecule has 0 aliphatic carbocycles. The zero-order valence-electron chi connectivity index (χ0n) is 8.74. The summed E-state index contributed by atoms with van der Waals surface area (Å²) in [6.07, 6.45) is 5.76. The number of thiol groups is 1. The lowest BCUT2D eigenvalue weighted by Gasteiger charge is -2.34. The van der Waals surface area contributed by atoms with Gasteiger partial charge in [-0.1, -0.05) is 26.0 Å². The Hall–Kier alpha value is 0.0500. The van der Waals surface area contributed by atoms with Crippen LogP contribution in [0.1, 0.15) is 20.3 Å². The van der Waals surface area contributed by atoms with Crippen LogP contribution in [0.2, 0.25) is 0 Å². The van der Waals surface area contributed by atoms with Crippen LogP contribution in [0.25, 0.3) is 0 Å². The molecule has 0 spiro atoms. The summed E-state index contributed by atoms with van der Waals surface area (Å²) in [7, 11) is 0. The van der Waals surface area contributed by atoms with Gasteiger partial charge in [0.2, 0.25) is 0 Å². The van der Waals surface area contributed by atoms with E-state index in [0.717, 1.165) is 24.1 Å². The van der Waals surface area contributed by atoms with Gasteiger partial charge in [-0.25, -0.2) is 0 Å². The van der Waals surface area contributed by atoms with Crippen LogP contribution in [-0.4, -0.2) is 30.3 Å². The molecule has 76 valence electrons. The monoisotopic (exact) mass is 199 g/mol. The van der Waals surface area contributed by atoms with E-state index in [0.29, 0.717) is 0 Å². The maximum Gasteiger partial charge on any atom is 0.0163 e. The topological polar surface area (TPSA) is 3.24 Å². The number of rotatable bonds is 3. The van der Waals surface area contributed by atoms with Gasteiger partial charge in [0.15, 0.2) is 0 Å². The average Bonchev–Trinajstić information content (AvgIpc) is 2.03. The molecule has 0 bridgehead atoms. The molecule has 1 aliphatic rings. The van der Waals surface area contributed by atoms with E-state index in [1.807, 2.05) is 0 Å². The molecule has 1 heterocycles. The van der Waals surface area contributed by atoms with Crippen LogP contribution < -0.4 is 0 Å². The summed E-state index contributed by atoms with van der Waals surface area (Å²) in [5.74, 6) is 2.60. The van der Waals surface area contributed by atoms with E-state index in [4.69, 9.17) is 0 Å². The fourth-order valence-electron chi connectivity index (χ4n) is 2.24. The molecular weight excluding hydrogens is 178 g/mol. The molecule has 0 radical (unpaired) electrons. The maximum atomic E-state index is 4.15. The first-order valence-corrected chi connectivity index (χ1v) is 5.83. The van der Waals surface area contributed by atoms with E-state index in [1.54, 1.807) is 0 Å². The molecule has 0 aromatic carbocycles. The zero-order chi connectivity index (χ0) is 9.68. The molecular formula is C11H21NS. The molecule has 1 aliphatic heterocycles. The smallest absolute Gasteiger partial charge is 0.0163 e. The van der Waals surface area contributed by atoms with Crippen LogP contribution in [0.4, 0.5) is 0 Å². The van der Waals surface area contributed by atoms with Gasteiger partial charge >= 0.3 is 0 Å². The zero-order valence-corrected chi connectivity index (χ0v) is 9.63. The third-order valence-electron chi connectivity index (χ3n) is 2.58. The Morgan fingerprint density at radius 2 is 1.85 bits per heavy atom. The van der Waals surface area contributed by atoms with Gasteiger partial charge in [0, 0.05) is 25.4 Å². The van der Waals surface area contributed by atoms with Crippen LogP contribution in [0.15, 0.2) is 12.2 Å². The van der Waals surface area contributed by atoms with Gasteiger partial charge < -0.3 is 0 Å². The normalized spacial score (nSPS) is 31.3. The number of nitrogens with zero attached hydrogens (tertiary/aromatic N) is 1. The van der Waals surface area contributed by atoms with Crippen molar-refractivity contribution in [1.82, 2.24) is 4.90 Å². The molecule has 1 rings (SSSR count). The standard InChI is InChI=1S/C11H21NS/c1-10-7-11(2)9-12(8-10)5-3-4-6-13/h3-4,10-11,13H,5-9H2,1-2H3. The van der Waals surface area contributed by atoms with E-state index in [1.165, 1.54) is 19.5 Å². The highest BCUT2D eigenvalue weighted by Gasteiger charge is 2.20. The highest BCUT2D eigenvalue weighted by atomic mass is 32.1. The van der Waals surface area contributed by atoms with Crippen molar-refractivity contribution in [3.63, 3.8) is 0 Å². The summed E-state index contributed by atoms with van der Waals surface area (Å²) in [5.41, 5.74) is 0. The average molecular weight is 199 g/mol. The first-order chi connectivity index (χ1) is 6.22. The molecule has 0 aromatic heterocycles. The summed E-state index contributed by atoms with van der Waals surface area (Å²) in [5, 5.41) is 0. The van der Waals surface area contributed by atoms with E-state index >= 15 is 0 Å². The Morgan fingerprint density at radius 3 is 2.38 bits per heavy atom. The molecule has 13 heavy (non-hydrogen) atoms. The summed E-state index contributed by atoms with van der Waals surface area (Å²) in [4.78, 5) is 2.54. The number of hydrogen-bond donors (Lipinski definition) is 1. The Kier molecular flexibility index (Phi) is 4.89. The first-order valence-electron chi connectivity index (χ1n) is 5.20. The molecule has 0 amide bonds. The van der Waals surface area contributed by atoms with Gasteiger partial charge in [-0.3, -0.25) is 4.90 Å². The van der Waals surface area contributed by atoms with Crippen molar-refractivity contribution in [2.45, 2.75) is 20.3 Å².